The number of methoxy groups -OCH3 is 2. The van der Waals surface area contributed by atoms with Gasteiger partial charge in [-0.05, 0) is 24.1 Å². The van der Waals surface area contributed by atoms with Crippen molar-refractivity contribution in [3.8, 4) is 0 Å². The molecule has 0 aliphatic rings. The summed E-state index contributed by atoms with van der Waals surface area (Å²) >= 11 is 9.60. The van der Waals surface area contributed by atoms with Crippen LogP contribution in [0, 0.1) is 0 Å². The summed E-state index contributed by atoms with van der Waals surface area (Å²) in [5, 5.41) is 0.712. The van der Waals surface area contributed by atoms with Gasteiger partial charge in [-0.1, -0.05) is 33.6 Å². The fraction of sp³-hybridized carbons (Fsp3) is 0.600. The molecule has 0 heterocycles. The molecular weight excluding hydrogens is 356 g/mol. The van der Waals surface area contributed by atoms with E-state index in [1.165, 1.54) is 0 Å². The van der Waals surface area contributed by atoms with E-state index in [2.05, 4.69) is 20.8 Å². The number of nitrogens with zero attached hydrogens (tertiary/aromatic N) is 1. The van der Waals surface area contributed by atoms with Crippen LogP contribution < -0.4 is 5.73 Å². The van der Waals surface area contributed by atoms with Crippen molar-refractivity contribution in [2.75, 3.05) is 47.1 Å². The van der Waals surface area contributed by atoms with Crippen molar-refractivity contribution in [3.63, 3.8) is 0 Å². The largest absolute Gasteiger partial charge is 0.385 e. The highest BCUT2D eigenvalue weighted by Crippen LogP contribution is 2.29. The summed E-state index contributed by atoms with van der Waals surface area (Å²) in [6.45, 7) is 3.69. The minimum Gasteiger partial charge on any atom is -0.385 e. The first-order valence-electron chi connectivity index (χ1n) is 7.01. The fourth-order valence-electron chi connectivity index (χ4n) is 2.29. The van der Waals surface area contributed by atoms with Crippen LogP contribution >= 0.6 is 27.5 Å². The number of rotatable bonds is 10. The quantitative estimate of drug-likeness (QED) is 0.635. The number of nitrogens with two attached hydrogens (primary N) is 1. The van der Waals surface area contributed by atoms with Gasteiger partial charge >= 0.3 is 0 Å². The molecule has 6 heteroatoms. The predicted molar refractivity (Wildman–Crippen MR) is 90.9 cm³/mol. The van der Waals surface area contributed by atoms with Crippen LogP contribution in [-0.2, 0) is 9.47 Å². The van der Waals surface area contributed by atoms with Crippen LogP contribution in [0.3, 0.4) is 0 Å². The summed E-state index contributed by atoms with van der Waals surface area (Å²) < 4.78 is 11.3. The molecule has 0 saturated heterocycles. The molecule has 1 aromatic rings. The first kappa shape index (κ1) is 18.9. The molecule has 0 spiro atoms. The summed E-state index contributed by atoms with van der Waals surface area (Å²) in [7, 11) is 3.43. The Balaban J connectivity index is 2.87. The molecule has 0 aliphatic heterocycles. The van der Waals surface area contributed by atoms with E-state index in [4.69, 9.17) is 26.8 Å². The molecule has 1 atom stereocenters. The van der Waals surface area contributed by atoms with E-state index in [-0.39, 0.29) is 6.04 Å². The van der Waals surface area contributed by atoms with E-state index < -0.39 is 0 Å². The molecule has 1 unspecified atom stereocenters. The van der Waals surface area contributed by atoms with Gasteiger partial charge in [0, 0.05) is 56.0 Å². The number of benzene rings is 1. The zero-order valence-electron chi connectivity index (χ0n) is 12.6. The van der Waals surface area contributed by atoms with Gasteiger partial charge in [-0.15, -0.1) is 0 Å². The third-order valence-electron chi connectivity index (χ3n) is 3.36. The summed E-state index contributed by atoms with van der Waals surface area (Å²) in [6.07, 6.45) is 0.960. The summed E-state index contributed by atoms with van der Waals surface area (Å²) in [5.74, 6) is 0. The van der Waals surface area contributed by atoms with Crippen LogP contribution in [0.1, 0.15) is 18.0 Å². The molecule has 0 amide bonds. The van der Waals surface area contributed by atoms with Crippen molar-refractivity contribution in [2.45, 2.75) is 12.5 Å². The maximum absolute atomic E-state index is 6.02. The Kier molecular flexibility index (Phi) is 9.47. The molecule has 2 N–H and O–H groups in total. The lowest BCUT2D eigenvalue weighted by atomic mass is 10.0. The molecule has 0 fully saturated rings. The van der Waals surface area contributed by atoms with E-state index in [0.29, 0.717) is 18.2 Å². The topological polar surface area (TPSA) is 47.7 Å². The van der Waals surface area contributed by atoms with Gasteiger partial charge in [0.15, 0.2) is 0 Å². The van der Waals surface area contributed by atoms with Crippen molar-refractivity contribution in [1.82, 2.24) is 4.90 Å². The Morgan fingerprint density at radius 2 is 1.95 bits per heavy atom. The molecule has 0 bridgehead atoms. The molecule has 0 aromatic heterocycles. The van der Waals surface area contributed by atoms with Crippen LogP contribution in [0.25, 0.3) is 0 Å². The van der Waals surface area contributed by atoms with Crippen molar-refractivity contribution < 1.29 is 9.47 Å². The molecule has 120 valence electrons. The van der Waals surface area contributed by atoms with Gasteiger partial charge in [-0.25, -0.2) is 0 Å². The minimum atomic E-state index is 0.128. The van der Waals surface area contributed by atoms with Gasteiger partial charge in [0.25, 0.3) is 0 Å². The van der Waals surface area contributed by atoms with Gasteiger partial charge in [0.05, 0.1) is 6.61 Å². The van der Waals surface area contributed by atoms with Crippen molar-refractivity contribution in [3.05, 3.63) is 33.3 Å². The lowest BCUT2D eigenvalue weighted by Gasteiger charge is -2.31. The van der Waals surface area contributed by atoms with Gasteiger partial charge in [0.1, 0.15) is 0 Å². The van der Waals surface area contributed by atoms with Gasteiger partial charge in [0.2, 0.25) is 0 Å². The van der Waals surface area contributed by atoms with Gasteiger partial charge in [-0.2, -0.15) is 0 Å². The van der Waals surface area contributed by atoms with E-state index >= 15 is 0 Å². The highest BCUT2D eigenvalue weighted by atomic mass is 79.9. The van der Waals surface area contributed by atoms with Gasteiger partial charge < -0.3 is 15.2 Å². The van der Waals surface area contributed by atoms with E-state index in [0.717, 1.165) is 36.2 Å². The second-order valence-corrected chi connectivity index (χ2v) is 6.08. The summed E-state index contributed by atoms with van der Waals surface area (Å²) in [4.78, 5) is 2.33. The second-order valence-electron chi connectivity index (χ2n) is 4.79. The van der Waals surface area contributed by atoms with E-state index in [9.17, 15) is 0 Å². The molecular formula is C15H24BrClN2O2. The predicted octanol–water partition coefficient (Wildman–Crippen LogP) is 3.09. The van der Waals surface area contributed by atoms with Crippen LogP contribution in [-0.4, -0.2) is 52.0 Å². The Morgan fingerprint density at radius 1 is 1.24 bits per heavy atom. The highest BCUT2D eigenvalue weighted by molar-refractivity contribution is 9.10. The van der Waals surface area contributed by atoms with Crippen LogP contribution in [0.15, 0.2) is 22.7 Å². The third kappa shape index (κ3) is 6.22. The molecule has 4 nitrogen and oxygen atoms in total. The molecule has 0 radical (unpaired) electrons. The number of ether oxygens (including phenoxy) is 2. The van der Waals surface area contributed by atoms with Crippen LogP contribution in [0.4, 0.5) is 0 Å². The summed E-state index contributed by atoms with van der Waals surface area (Å²) in [6, 6.07) is 5.96. The first-order chi connectivity index (χ1) is 10.1. The smallest absolute Gasteiger partial charge is 0.0589 e. The molecule has 21 heavy (non-hydrogen) atoms. The zero-order chi connectivity index (χ0) is 15.7. The number of hydrogen-bond acceptors (Lipinski definition) is 4. The average molecular weight is 380 g/mol. The lowest BCUT2D eigenvalue weighted by Crippen LogP contribution is -2.37. The normalized spacial score (nSPS) is 12.9. The van der Waals surface area contributed by atoms with Crippen LogP contribution in [0.5, 0.6) is 0 Å². The van der Waals surface area contributed by atoms with Gasteiger partial charge in [-0.3, -0.25) is 4.90 Å². The zero-order valence-corrected chi connectivity index (χ0v) is 15.0. The fourth-order valence-corrected chi connectivity index (χ4v) is 3.24. The first-order valence-corrected chi connectivity index (χ1v) is 8.18. The number of hydrogen-bond donors (Lipinski definition) is 1. The van der Waals surface area contributed by atoms with E-state index in [1.54, 1.807) is 14.2 Å². The van der Waals surface area contributed by atoms with Crippen LogP contribution in [0.2, 0.25) is 5.02 Å². The Morgan fingerprint density at radius 3 is 2.52 bits per heavy atom. The van der Waals surface area contributed by atoms with Crippen molar-refractivity contribution >= 4 is 27.5 Å². The van der Waals surface area contributed by atoms with Crippen molar-refractivity contribution in [2.24, 2.45) is 5.73 Å². The molecule has 1 rings (SSSR count). The monoisotopic (exact) mass is 378 g/mol. The standard InChI is InChI=1S/C15H24BrClN2O2/c1-20-8-3-6-19(7-9-21-2)15(11-18)13-5-4-12(17)10-14(13)16/h4-5,10,15H,3,6-9,11,18H2,1-2H3. The van der Waals surface area contributed by atoms with Crippen molar-refractivity contribution in [1.29, 1.82) is 0 Å². The minimum absolute atomic E-state index is 0.128. The highest BCUT2D eigenvalue weighted by Gasteiger charge is 2.20. The SMILES string of the molecule is COCCCN(CCOC)C(CN)c1ccc(Cl)cc1Br. The third-order valence-corrected chi connectivity index (χ3v) is 4.28. The molecule has 0 aliphatic carbocycles. The Bertz CT molecular complexity index is 421. The lowest BCUT2D eigenvalue weighted by molar-refractivity contribution is 0.108. The second kappa shape index (κ2) is 10.5. The summed E-state index contributed by atoms with van der Waals surface area (Å²) in [5.41, 5.74) is 7.17. The average Bonchev–Trinajstić information content (AvgIpc) is 2.46. The Hall–Kier alpha value is -0.170. The molecule has 0 saturated carbocycles. The Labute approximate surface area is 140 Å². The maximum Gasteiger partial charge on any atom is 0.0589 e. The number of halogens is 2. The van der Waals surface area contributed by atoms with E-state index in [1.807, 2.05) is 18.2 Å². The maximum atomic E-state index is 6.02. The molecule has 1 aromatic carbocycles.